The summed E-state index contributed by atoms with van der Waals surface area (Å²) in [4.78, 5) is 7.90. The molecule has 0 saturated heterocycles. The second-order valence-electron chi connectivity index (χ2n) is 13.9. The minimum Gasteiger partial charge on any atom is -0.312 e. The Hall–Kier alpha value is -5.87. The number of benzene rings is 7. The molecule has 6 aliphatic heterocycles. The number of anilines is 9. The second kappa shape index (κ2) is 8.16. The lowest BCUT2D eigenvalue weighted by atomic mass is 9.24. The van der Waals surface area contributed by atoms with E-state index in [4.69, 9.17) is 0 Å². The molecule has 6 heterocycles. The summed E-state index contributed by atoms with van der Waals surface area (Å²) < 4.78 is 0. The number of rotatable bonds is 0. The van der Waals surface area contributed by atoms with Crippen LogP contribution in [0.15, 0.2) is 146 Å². The van der Waals surface area contributed by atoms with Crippen molar-refractivity contribution in [1.29, 1.82) is 0 Å². The Kier molecular flexibility index (Phi) is 4.13. The van der Waals surface area contributed by atoms with Crippen molar-refractivity contribution in [1.82, 2.24) is 0 Å². The predicted octanol–water partition coefficient (Wildman–Crippen LogP) is 3.53. The average molecular weight is 603 g/mol. The van der Waals surface area contributed by atoms with Gasteiger partial charge in [-0.15, -0.1) is 0 Å². The second-order valence-corrected chi connectivity index (χ2v) is 13.9. The van der Waals surface area contributed by atoms with E-state index < -0.39 is 0 Å². The maximum absolute atomic E-state index is 2.63. The van der Waals surface area contributed by atoms with Crippen molar-refractivity contribution in [3.8, 4) is 0 Å². The van der Waals surface area contributed by atoms with Crippen LogP contribution in [-0.4, -0.2) is 20.1 Å². The minimum absolute atomic E-state index is 0.135. The van der Waals surface area contributed by atoms with Crippen LogP contribution >= 0.6 is 0 Å². The fourth-order valence-electron chi connectivity index (χ4n) is 10.5. The maximum atomic E-state index is 2.63. The van der Waals surface area contributed by atoms with Gasteiger partial charge in [0.15, 0.2) is 0 Å². The average Bonchev–Trinajstić information content (AvgIpc) is 3.16. The number of para-hydroxylation sites is 6. The van der Waals surface area contributed by atoms with E-state index in [1.54, 1.807) is 0 Å². The van der Waals surface area contributed by atoms with E-state index >= 15 is 0 Å². The fourth-order valence-corrected chi connectivity index (χ4v) is 10.5. The molecule has 0 saturated carbocycles. The normalized spacial score (nSPS) is 15.2. The van der Waals surface area contributed by atoms with Gasteiger partial charge in [-0.1, -0.05) is 109 Å². The number of fused-ring (bicyclic) bond motifs is 18. The van der Waals surface area contributed by atoms with Gasteiger partial charge in [-0.2, -0.15) is 0 Å². The quantitative estimate of drug-likeness (QED) is 0.246. The van der Waals surface area contributed by atoms with Crippen molar-refractivity contribution in [2.75, 3.05) is 14.7 Å². The van der Waals surface area contributed by atoms with Crippen LogP contribution in [-0.2, 0) is 0 Å². The van der Waals surface area contributed by atoms with Gasteiger partial charge in [0.2, 0.25) is 0 Å². The van der Waals surface area contributed by atoms with Gasteiger partial charge in [-0.3, -0.25) is 0 Å². The highest BCUT2D eigenvalue weighted by Gasteiger charge is 2.56. The summed E-state index contributed by atoms with van der Waals surface area (Å²) in [6.45, 7) is 0.406. The van der Waals surface area contributed by atoms with Crippen LogP contribution in [0.4, 0.5) is 51.2 Å². The molecule has 48 heavy (non-hydrogen) atoms. The first-order chi connectivity index (χ1) is 23.9. The third-order valence-electron chi connectivity index (χ3n) is 12.0. The summed E-state index contributed by atoms with van der Waals surface area (Å²) >= 11 is 0. The Balaban J connectivity index is 1.31. The van der Waals surface area contributed by atoms with Gasteiger partial charge in [-0.25, -0.2) is 0 Å². The minimum atomic E-state index is 0.135. The van der Waals surface area contributed by atoms with E-state index in [9.17, 15) is 0 Å². The molecule has 7 aromatic carbocycles. The van der Waals surface area contributed by atoms with Crippen molar-refractivity contribution < 1.29 is 0 Å². The molecule has 0 aliphatic carbocycles. The first-order valence-corrected chi connectivity index (χ1v) is 17.1. The lowest BCUT2D eigenvalue weighted by molar-refractivity contribution is 1.23. The van der Waals surface area contributed by atoms with E-state index in [-0.39, 0.29) is 20.1 Å². The van der Waals surface area contributed by atoms with Gasteiger partial charge in [0, 0.05) is 51.2 Å². The molecule has 0 spiro atoms. The van der Waals surface area contributed by atoms with Crippen molar-refractivity contribution in [3.05, 3.63) is 146 Å². The molecule has 7 aromatic rings. The third kappa shape index (κ3) is 2.52. The zero-order chi connectivity index (χ0) is 30.8. The van der Waals surface area contributed by atoms with Crippen molar-refractivity contribution in [2.24, 2.45) is 0 Å². The standard InChI is InChI=1S/C42H24B3N3/c1-7-19-31-25(13-1)43-26-14-2-8-20-32(26)47-34-22-10-4-16-28(34)45-30-18-6-12-24-36(30)48-35-23-11-5-17-29(35)44-27-15-3-9-21-33(27)46(31)40-37(43)41(47)39(45)42(48)38(40)44/h1-24H. The molecule has 0 N–H and O–H groups in total. The topological polar surface area (TPSA) is 9.72 Å². The lowest BCUT2D eigenvalue weighted by Crippen LogP contribution is -2.74. The van der Waals surface area contributed by atoms with Gasteiger partial charge >= 0.3 is 0 Å². The Morgan fingerprint density at radius 2 is 0.438 bits per heavy atom. The van der Waals surface area contributed by atoms with Crippen LogP contribution in [0.25, 0.3) is 0 Å². The van der Waals surface area contributed by atoms with Crippen LogP contribution in [0.5, 0.6) is 0 Å². The summed E-state index contributed by atoms with van der Waals surface area (Å²) in [7, 11) is 0. The van der Waals surface area contributed by atoms with Crippen molar-refractivity contribution >= 4 is 120 Å². The SMILES string of the molecule is c1ccc2c(c1)B1c3ccccc3N3c4ccccc4B4c5ccccc5N5c6ccccc6B6c7ccccc7N2c2c1c3c4c5c26. The predicted molar refractivity (Wildman–Crippen MR) is 204 cm³/mol. The highest BCUT2D eigenvalue weighted by molar-refractivity contribution is 7.09. The number of nitrogens with zero attached hydrogens (tertiary/aromatic N) is 3. The van der Waals surface area contributed by atoms with Gasteiger partial charge in [-0.05, 0) is 85.6 Å². The van der Waals surface area contributed by atoms with E-state index in [0.717, 1.165) is 0 Å². The zero-order valence-corrected chi connectivity index (χ0v) is 25.9. The van der Waals surface area contributed by atoms with Crippen LogP contribution in [0.3, 0.4) is 0 Å². The molecule has 0 atom stereocenters. The Bertz CT molecular complexity index is 2020. The van der Waals surface area contributed by atoms with Gasteiger partial charge in [0.05, 0.1) is 0 Å². The van der Waals surface area contributed by atoms with Gasteiger partial charge in [0.25, 0.3) is 20.1 Å². The maximum Gasteiger partial charge on any atom is 0.252 e. The summed E-state index contributed by atoms with van der Waals surface area (Å²) in [6.07, 6.45) is 0. The van der Waals surface area contributed by atoms with E-state index in [1.165, 1.54) is 100 Å². The third-order valence-corrected chi connectivity index (χ3v) is 12.0. The molecule has 0 amide bonds. The van der Waals surface area contributed by atoms with Crippen LogP contribution < -0.4 is 63.9 Å². The molecule has 0 aromatic heterocycles. The molecular formula is C42H24B3N3. The van der Waals surface area contributed by atoms with Gasteiger partial charge < -0.3 is 14.7 Å². The van der Waals surface area contributed by atoms with Crippen molar-refractivity contribution in [2.45, 2.75) is 0 Å². The smallest absolute Gasteiger partial charge is 0.252 e. The molecule has 3 nitrogen and oxygen atoms in total. The molecule has 0 bridgehead atoms. The molecule has 0 radical (unpaired) electrons. The van der Waals surface area contributed by atoms with E-state index in [0.29, 0.717) is 0 Å². The molecule has 0 fully saturated rings. The fraction of sp³-hybridized carbons (Fsp3) is 0. The van der Waals surface area contributed by atoms with Crippen LogP contribution in [0, 0.1) is 0 Å². The van der Waals surface area contributed by atoms with Crippen LogP contribution in [0.1, 0.15) is 0 Å². The van der Waals surface area contributed by atoms with E-state index in [1.807, 2.05) is 0 Å². The number of hydrogen-bond acceptors (Lipinski definition) is 3. The molecule has 13 rings (SSSR count). The summed E-state index contributed by atoms with van der Waals surface area (Å²) in [6, 6.07) is 55.1. The summed E-state index contributed by atoms with van der Waals surface area (Å²) in [5.41, 5.74) is 24.6. The largest absolute Gasteiger partial charge is 0.312 e. The summed E-state index contributed by atoms with van der Waals surface area (Å²) in [5.74, 6) is 0. The van der Waals surface area contributed by atoms with Crippen molar-refractivity contribution in [3.63, 3.8) is 0 Å². The monoisotopic (exact) mass is 603 g/mol. The Labute approximate surface area is 279 Å². The molecular weight excluding hydrogens is 579 g/mol. The number of hydrogen-bond donors (Lipinski definition) is 0. The highest BCUT2D eigenvalue weighted by Crippen LogP contribution is 2.50. The zero-order valence-electron chi connectivity index (χ0n) is 25.9. The highest BCUT2D eigenvalue weighted by atomic mass is 15.2. The Morgan fingerprint density at radius 3 is 0.646 bits per heavy atom. The first kappa shape index (κ1) is 24.3. The van der Waals surface area contributed by atoms with Crippen LogP contribution in [0.2, 0.25) is 0 Å². The molecule has 0 unspecified atom stereocenters. The Morgan fingerprint density at radius 1 is 0.250 bits per heavy atom. The first-order valence-electron chi connectivity index (χ1n) is 17.1. The molecule has 6 heteroatoms. The van der Waals surface area contributed by atoms with Gasteiger partial charge in [0.1, 0.15) is 0 Å². The van der Waals surface area contributed by atoms with E-state index in [2.05, 4.69) is 160 Å². The lowest BCUT2D eigenvalue weighted by Gasteiger charge is -2.55. The molecule has 6 aliphatic rings. The summed E-state index contributed by atoms with van der Waals surface area (Å²) in [5, 5.41) is 0. The molecule has 216 valence electrons.